The second-order valence-electron chi connectivity index (χ2n) is 6.76. The summed E-state index contributed by atoms with van der Waals surface area (Å²) >= 11 is 0. The number of rotatable bonds is 7. The molecule has 9 heteroatoms. The zero-order valence-electron chi connectivity index (χ0n) is 15.9. The molecule has 1 aliphatic carbocycles. The van der Waals surface area contributed by atoms with Crippen LogP contribution in [-0.4, -0.2) is 33.0 Å². The summed E-state index contributed by atoms with van der Waals surface area (Å²) in [4.78, 5) is 24.1. The minimum absolute atomic E-state index is 0.0707. The second kappa shape index (κ2) is 8.62. The van der Waals surface area contributed by atoms with Crippen LogP contribution < -0.4 is 15.2 Å². The van der Waals surface area contributed by atoms with Crippen LogP contribution in [0.2, 0.25) is 0 Å². The number of amides is 1. The Balaban J connectivity index is 1.48. The van der Waals surface area contributed by atoms with Gasteiger partial charge in [0.2, 0.25) is 10.0 Å². The van der Waals surface area contributed by atoms with Crippen LogP contribution in [0.1, 0.15) is 24.5 Å². The first kappa shape index (κ1) is 20.8. The predicted molar refractivity (Wildman–Crippen MR) is 106 cm³/mol. The van der Waals surface area contributed by atoms with Crippen molar-refractivity contribution in [3.05, 3.63) is 53.6 Å². The van der Waals surface area contributed by atoms with Gasteiger partial charge < -0.3 is 14.8 Å². The molecule has 1 atom stereocenters. The molecule has 3 N–H and O–H groups in total. The van der Waals surface area contributed by atoms with Crippen LogP contribution in [0.3, 0.4) is 0 Å². The summed E-state index contributed by atoms with van der Waals surface area (Å²) in [5, 5.41) is 7.56. The number of sulfonamides is 1. The van der Waals surface area contributed by atoms with Crippen LogP contribution in [0.5, 0.6) is 5.75 Å². The van der Waals surface area contributed by atoms with Gasteiger partial charge in [0.05, 0.1) is 4.90 Å². The molecule has 2 aromatic rings. The molecule has 0 aromatic heterocycles. The lowest BCUT2D eigenvalue weighted by molar-refractivity contribution is -0.155. The van der Waals surface area contributed by atoms with Crippen molar-refractivity contribution < 1.29 is 27.5 Å². The molecule has 29 heavy (non-hydrogen) atoms. The van der Waals surface area contributed by atoms with Crippen LogP contribution in [0.15, 0.2) is 47.4 Å². The number of fused-ring (bicyclic) bond motifs is 1. The highest BCUT2D eigenvalue weighted by Gasteiger charge is 2.19. The summed E-state index contributed by atoms with van der Waals surface area (Å²) in [7, 11) is -3.81. The van der Waals surface area contributed by atoms with Crippen LogP contribution in [0.4, 0.5) is 5.69 Å². The van der Waals surface area contributed by atoms with Crippen LogP contribution in [0, 0.1) is 0 Å². The fourth-order valence-corrected chi connectivity index (χ4v) is 3.55. The Morgan fingerprint density at radius 1 is 1.10 bits per heavy atom. The van der Waals surface area contributed by atoms with E-state index in [1.165, 1.54) is 42.3 Å². The van der Waals surface area contributed by atoms with Gasteiger partial charge in [-0.1, -0.05) is 6.07 Å². The largest absolute Gasteiger partial charge is 0.482 e. The standard InChI is InChI=1S/C20H22N2O6S/c1-13(20(24)22-16-6-9-18(10-7-16)29(21,25)26)28-19(23)12-27-17-8-5-14-3-2-4-15(14)11-17/h5-11,13H,2-4,12H2,1H3,(H,22,24)(H2,21,25,26)/t13-/m0/s1. The van der Waals surface area contributed by atoms with E-state index in [0.29, 0.717) is 11.4 Å². The molecule has 0 bridgehead atoms. The molecule has 1 amide bonds. The Morgan fingerprint density at radius 3 is 2.48 bits per heavy atom. The number of hydrogen-bond donors (Lipinski definition) is 2. The lowest BCUT2D eigenvalue weighted by Gasteiger charge is -2.14. The van der Waals surface area contributed by atoms with Crippen molar-refractivity contribution in [2.24, 2.45) is 5.14 Å². The van der Waals surface area contributed by atoms with Gasteiger partial charge in [0.25, 0.3) is 5.91 Å². The molecule has 0 radical (unpaired) electrons. The Labute approximate surface area is 169 Å². The maximum absolute atomic E-state index is 12.2. The summed E-state index contributed by atoms with van der Waals surface area (Å²) in [6.07, 6.45) is 2.14. The summed E-state index contributed by atoms with van der Waals surface area (Å²) in [5.41, 5.74) is 2.89. The Kier molecular flexibility index (Phi) is 6.19. The molecule has 0 unspecified atom stereocenters. The van der Waals surface area contributed by atoms with Gasteiger partial charge >= 0.3 is 5.97 Å². The molecule has 0 heterocycles. The number of nitrogens with one attached hydrogen (secondary N) is 1. The third-order valence-electron chi connectivity index (χ3n) is 4.55. The topological polar surface area (TPSA) is 125 Å². The van der Waals surface area contributed by atoms with Gasteiger partial charge in [-0.25, -0.2) is 18.4 Å². The molecule has 0 fully saturated rings. The number of anilines is 1. The zero-order chi connectivity index (χ0) is 21.0. The van der Waals surface area contributed by atoms with E-state index in [9.17, 15) is 18.0 Å². The monoisotopic (exact) mass is 418 g/mol. The van der Waals surface area contributed by atoms with Crippen molar-refractivity contribution in [2.75, 3.05) is 11.9 Å². The number of benzene rings is 2. The SMILES string of the molecule is C[C@H](OC(=O)COc1ccc2c(c1)CCC2)C(=O)Nc1ccc(S(N)(=O)=O)cc1. The van der Waals surface area contributed by atoms with Crippen LogP contribution in [-0.2, 0) is 37.2 Å². The third kappa shape index (κ3) is 5.55. The van der Waals surface area contributed by atoms with E-state index >= 15 is 0 Å². The molecule has 0 saturated carbocycles. The molecule has 0 saturated heterocycles. The molecule has 0 spiro atoms. The predicted octanol–water partition coefficient (Wildman–Crippen LogP) is 1.77. The van der Waals surface area contributed by atoms with Gasteiger partial charge in [-0.15, -0.1) is 0 Å². The highest BCUT2D eigenvalue weighted by Crippen LogP contribution is 2.26. The second-order valence-corrected chi connectivity index (χ2v) is 8.32. The normalized spacial score (nSPS) is 14.0. The van der Waals surface area contributed by atoms with E-state index in [2.05, 4.69) is 5.32 Å². The summed E-state index contributed by atoms with van der Waals surface area (Å²) in [6, 6.07) is 11.1. The van der Waals surface area contributed by atoms with E-state index in [-0.39, 0.29) is 11.5 Å². The number of carbonyl (C=O) groups excluding carboxylic acids is 2. The Bertz CT molecular complexity index is 1020. The lowest BCUT2D eigenvalue weighted by atomic mass is 10.1. The van der Waals surface area contributed by atoms with Gasteiger partial charge in [-0.05, 0) is 73.7 Å². The molecule has 0 aliphatic heterocycles. The lowest BCUT2D eigenvalue weighted by Crippen LogP contribution is -2.31. The number of carbonyl (C=O) groups is 2. The Morgan fingerprint density at radius 2 is 1.79 bits per heavy atom. The minimum Gasteiger partial charge on any atom is -0.482 e. The van der Waals surface area contributed by atoms with Gasteiger partial charge in [0, 0.05) is 5.69 Å². The molecule has 1 aliphatic rings. The van der Waals surface area contributed by atoms with Crippen molar-refractivity contribution in [3.8, 4) is 5.75 Å². The van der Waals surface area contributed by atoms with E-state index in [1.54, 1.807) is 0 Å². The van der Waals surface area contributed by atoms with Crippen molar-refractivity contribution in [2.45, 2.75) is 37.2 Å². The Hall–Kier alpha value is -2.91. The number of esters is 1. The van der Waals surface area contributed by atoms with Gasteiger partial charge in [-0.3, -0.25) is 4.79 Å². The average Bonchev–Trinajstić information content (AvgIpc) is 3.14. The summed E-state index contributed by atoms with van der Waals surface area (Å²) < 4.78 is 33.0. The van der Waals surface area contributed by atoms with Gasteiger partial charge in [-0.2, -0.15) is 0 Å². The summed E-state index contributed by atoms with van der Waals surface area (Å²) in [6.45, 7) is 1.13. The molecular formula is C20H22N2O6S. The van der Waals surface area contributed by atoms with Gasteiger partial charge in [0.1, 0.15) is 5.75 Å². The highest BCUT2D eigenvalue weighted by molar-refractivity contribution is 7.89. The third-order valence-corrected chi connectivity index (χ3v) is 5.48. The fourth-order valence-electron chi connectivity index (χ4n) is 3.04. The number of primary sulfonamides is 1. The smallest absolute Gasteiger partial charge is 0.344 e. The highest BCUT2D eigenvalue weighted by atomic mass is 32.2. The summed E-state index contributed by atoms with van der Waals surface area (Å²) in [5.74, 6) is -0.633. The molecule has 8 nitrogen and oxygen atoms in total. The van der Waals surface area contributed by atoms with Crippen molar-refractivity contribution in [3.63, 3.8) is 0 Å². The van der Waals surface area contributed by atoms with Gasteiger partial charge in [0.15, 0.2) is 12.7 Å². The van der Waals surface area contributed by atoms with Crippen molar-refractivity contribution in [1.82, 2.24) is 0 Å². The molecule has 154 valence electrons. The maximum Gasteiger partial charge on any atom is 0.344 e. The quantitative estimate of drug-likeness (QED) is 0.660. The van der Waals surface area contributed by atoms with Crippen LogP contribution in [0.25, 0.3) is 0 Å². The first-order valence-corrected chi connectivity index (χ1v) is 10.6. The van der Waals surface area contributed by atoms with E-state index in [0.717, 1.165) is 19.3 Å². The number of aryl methyl sites for hydroxylation is 2. The number of hydrogen-bond acceptors (Lipinski definition) is 6. The zero-order valence-corrected chi connectivity index (χ0v) is 16.7. The average molecular weight is 418 g/mol. The number of ether oxygens (including phenoxy) is 2. The van der Waals surface area contributed by atoms with Crippen molar-refractivity contribution >= 4 is 27.6 Å². The molecule has 2 aromatic carbocycles. The number of nitrogens with two attached hydrogens (primary N) is 1. The van der Waals surface area contributed by atoms with E-state index < -0.39 is 28.0 Å². The minimum atomic E-state index is -3.81. The first-order chi connectivity index (χ1) is 13.7. The molecule has 3 rings (SSSR count). The van der Waals surface area contributed by atoms with Crippen LogP contribution >= 0.6 is 0 Å². The molecular weight excluding hydrogens is 396 g/mol. The van der Waals surface area contributed by atoms with Crippen molar-refractivity contribution in [1.29, 1.82) is 0 Å². The maximum atomic E-state index is 12.2. The van der Waals surface area contributed by atoms with E-state index in [4.69, 9.17) is 14.6 Å². The fraction of sp³-hybridized carbons (Fsp3) is 0.300. The first-order valence-electron chi connectivity index (χ1n) is 9.10. The van der Waals surface area contributed by atoms with E-state index in [1.807, 2.05) is 18.2 Å².